The number of aliphatic hydroxyl groups is 1. The molecule has 7 heteroatoms. The number of carbonyl (C=O) groups excluding carboxylic acids is 1. The summed E-state index contributed by atoms with van der Waals surface area (Å²) in [4.78, 5) is 32.6. The highest BCUT2D eigenvalue weighted by atomic mass is 16.5. The Labute approximate surface area is 141 Å². The van der Waals surface area contributed by atoms with Crippen LogP contribution in [0.4, 0.5) is 0 Å². The molecule has 1 aliphatic carbocycles. The molecule has 1 saturated carbocycles. The van der Waals surface area contributed by atoms with Gasteiger partial charge in [0, 0.05) is 31.0 Å². The van der Waals surface area contributed by atoms with E-state index >= 15 is 0 Å². The predicted octanol–water partition coefficient (Wildman–Crippen LogP) is 0.318. The smallest absolute Gasteiger partial charge is 0.345 e. The fraction of sp³-hybridized carbons (Fsp3) is 0.706. The Morgan fingerprint density at radius 3 is 2.92 bits per heavy atom. The van der Waals surface area contributed by atoms with Crippen molar-refractivity contribution in [1.29, 1.82) is 0 Å². The highest BCUT2D eigenvalue weighted by Gasteiger charge is 2.42. The first-order valence-corrected chi connectivity index (χ1v) is 8.58. The lowest BCUT2D eigenvalue weighted by atomic mass is 10.0. The van der Waals surface area contributed by atoms with Gasteiger partial charge in [0.05, 0.1) is 18.8 Å². The van der Waals surface area contributed by atoms with Crippen LogP contribution in [0, 0.1) is 19.8 Å². The Morgan fingerprint density at radius 1 is 1.42 bits per heavy atom. The number of fused-ring (bicyclic) bond motifs is 1. The molecule has 2 aliphatic rings. The molecule has 2 N–H and O–H groups in total. The number of hydrogen-bond acceptors (Lipinski definition) is 5. The molecule has 1 saturated heterocycles. The summed E-state index contributed by atoms with van der Waals surface area (Å²) in [5, 5.41) is 9.38. The number of carbonyl (C=O) groups is 1. The third-order valence-electron chi connectivity index (χ3n) is 5.25. The molecule has 2 fully saturated rings. The Kier molecular flexibility index (Phi) is 5.01. The molecule has 3 atom stereocenters. The first-order chi connectivity index (χ1) is 11.5. The van der Waals surface area contributed by atoms with Gasteiger partial charge >= 0.3 is 5.69 Å². The van der Waals surface area contributed by atoms with Crippen LogP contribution in [0.5, 0.6) is 0 Å². The van der Waals surface area contributed by atoms with Gasteiger partial charge in [0.2, 0.25) is 5.91 Å². The van der Waals surface area contributed by atoms with Crippen molar-refractivity contribution >= 4 is 5.91 Å². The summed E-state index contributed by atoms with van der Waals surface area (Å²) in [6.07, 6.45) is 2.65. The van der Waals surface area contributed by atoms with E-state index in [1.54, 1.807) is 6.92 Å². The van der Waals surface area contributed by atoms with Crippen molar-refractivity contribution in [1.82, 2.24) is 14.9 Å². The molecule has 0 radical (unpaired) electrons. The van der Waals surface area contributed by atoms with E-state index in [4.69, 9.17) is 4.74 Å². The number of aromatic nitrogens is 2. The van der Waals surface area contributed by atoms with Gasteiger partial charge in [0.15, 0.2) is 0 Å². The number of H-pyrrole nitrogens is 1. The third-order valence-corrected chi connectivity index (χ3v) is 5.25. The second kappa shape index (κ2) is 7.03. The van der Waals surface area contributed by atoms with E-state index in [0.717, 1.165) is 24.1 Å². The summed E-state index contributed by atoms with van der Waals surface area (Å²) in [6, 6.07) is 0.0827. The van der Waals surface area contributed by atoms with Gasteiger partial charge in [0.1, 0.15) is 0 Å². The highest BCUT2D eigenvalue weighted by molar-refractivity contribution is 5.77. The SMILES string of the molecule is Cc1nc(=O)[nH]c(C)c1CCC(=O)N1CCOC2C[C@H](CO)C[C@@H]21. The average Bonchev–Trinajstić information content (AvgIpc) is 2.96. The van der Waals surface area contributed by atoms with Crippen molar-refractivity contribution in [3.05, 3.63) is 27.4 Å². The van der Waals surface area contributed by atoms with Gasteiger partial charge in [-0.1, -0.05) is 0 Å². The minimum absolute atomic E-state index is 0.0538. The molecule has 0 aromatic carbocycles. The van der Waals surface area contributed by atoms with E-state index in [2.05, 4.69) is 9.97 Å². The van der Waals surface area contributed by atoms with E-state index in [-0.39, 0.29) is 36.3 Å². The number of rotatable bonds is 4. The van der Waals surface area contributed by atoms with Crippen LogP contribution in [0.25, 0.3) is 0 Å². The zero-order valence-electron chi connectivity index (χ0n) is 14.2. The third kappa shape index (κ3) is 3.37. The monoisotopic (exact) mass is 335 g/mol. The Hall–Kier alpha value is -1.73. The summed E-state index contributed by atoms with van der Waals surface area (Å²) < 4.78 is 5.77. The van der Waals surface area contributed by atoms with Crippen molar-refractivity contribution in [3.8, 4) is 0 Å². The first kappa shape index (κ1) is 17.1. The van der Waals surface area contributed by atoms with Crippen LogP contribution >= 0.6 is 0 Å². The van der Waals surface area contributed by atoms with E-state index in [1.165, 1.54) is 0 Å². The van der Waals surface area contributed by atoms with E-state index in [0.29, 0.717) is 31.7 Å². The van der Waals surface area contributed by atoms with E-state index in [1.807, 2.05) is 11.8 Å². The lowest BCUT2D eigenvalue weighted by Crippen LogP contribution is -2.51. The minimum atomic E-state index is -0.350. The molecule has 2 heterocycles. The molecule has 0 spiro atoms. The molecule has 1 aromatic rings. The number of ether oxygens (including phenoxy) is 1. The highest BCUT2D eigenvalue weighted by Crippen LogP contribution is 2.34. The van der Waals surface area contributed by atoms with Crippen LogP contribution in [-0.2, 0) is 16.0 Å². The Balaban J connectivity index is 1.66. The number of morpholine rings is 1. The molecule has 1 unspecified atom stereocenters. The predicted molar refractivity (Wildman–Crippen MR) is 87.7 cm³/mol. The lowest BCUT2D eigenvalue weighted by Gasteiger charge is -2.37. The van der Waals surface area contributed by atoms with Gasteiger partial charge in [-0.25, -0.2) is 4.79 Å². The topological polar surface area (TPSA) is 95.5 Å². The molecule has 0 bridgehead atoms. The van der Waals surface area contributed by atoms with Crippen LogP contribution in [0.3, 0.4) is 0 Å². The molecule has 24 heavy (non-hydrogen) atoms. The zero-order chi connectivity index (χ0) is 17.3. The molecule has 1 aromatic heterocycles. The van der Waals surface area contributed by atoms with Crippen molar-refractivity contribution in [2.45, 2.75) is 51.7 Å². The fourth-order valence-corrected chi connectivity index (χ4v) is 4.01. The fourth-order valence-electron chi connectivity index (χ4n) is 4.01. The van der Waals surface area contributed by atoms with Crippen molar-refractivity contribution < 1.29 is 14.6 Å². The quantitative estimate of drug-likeness (QED) is 0.826. The Bertz CT molecular complexity index is 646. The molecule has 3 rings (SSSR count). The van der Waals surface area contributed by atoms with Gasteiger partial charge in [-0.3, -0.25) is 4.79 Å². The number of nitrogens with one attached hydrogen (secondary N) is 1. The number of aryl methyl sites for hydroxylation is 2. The van der Waals surface area contributed by atoms with Gasteiger partial charge in [0.25, 0.3) is 0 Å². The second-order valence-electron chi connectivity index (χ2n) is 6.81. The molecule has 132 valence electrons. The van der Waals surface area contributed by atoms with Crippen molar-refractivity contribution in [3.63, 3.8) is 0 Å². The second-order valence-corrected chi connectivity index (χ2v) is 6.81. The van der Waals surface area contributed by atoms with Gasteiger partial charge < -0.3 is 19.7 Å². The van der Waals surface area contributed by atoms with Crippen molar-refractivity contribution in [2.75, 3.05) is 19.8 Å². The molecule has 1 amide bonds. The first-order valence-electron chi connectivity index (χ1n) is 8.58. The van der Waals surface area contributed by atoms with E-state index < -0.39 is 0 Å². The minimum Gasteiger partial charge on any atom is -0.396 e. The zero-order valence-corrected chi connectivity index (χ0v) is 14.2. The van der Waals surface area contributed by atoms with Gasteiger partial charge in [-0.05, 0) is 44.6 Å². The lowest BCUT2D eigenvalue weighted by molar-refractivity contribution is -0.143. The summed E-state index contributed by atoms with van der Waals surface area (Å²) >= 11 is 0. The van der Waals surface area contributed by atoms with Crippen molar-refractivity contribution in [2.24, 2.45) is 5.92 Å². The molecular weight excluding hydrogens is 310 g/mol. The maximum Gasteiger partial charge on any atom is 0.345 e. The van der Waals surface area contributed by atoms with Crippen LogP contribution < -0.4 is 5.69 Å². The number of aromatic amines is 1. The number of hydrogen-bond donors (Lipinski definition) is 2. The standard InChI is InChI=1S/C17H25N3O4/c1-10-13(11(2)19-17(23)18-10)3-4-16(22)20-5-6-24-15-8-12(9-21)7-14(15)20/h12,14-15,21H,3-9H2,1-2H3,(H,18,19,23)/t12-,14+,15?/m1/s1. The summed E-state index contributed by atoms with van der Waals surface area (Å²) in [7, 11) is 0. The van der Waals surface area contributed by atoms with E-state index in [9.17, 15) is 14.7 Å². The number of nitrogens with zero attached hydrogens (tertiary/aromatic N) is 2. The van der Waals surface area contributed by atoms with Gasteiger partial charge in [-0.15, -0.1) is 0 Å². The number of aliphatic hydroxyl groups excluding tert-OH is 1. The van der Waals surface area contributed by atoms with Crippen LogP contribution in [-0.4, -0.2) is 57.8 Å². The van der Waals surface area contributed by atoms with Gasteiger partial charge in [-0.2, -0.15) is 4.98 Å². The van der Waals surface area contributed by atoms with Crippen LogP contribution in [0.2, 0.25) is 0 Å². The maximum atomic E-state index is 12.7. The normalized spacial score (nSPS) is 26.5. The Morgan fingerprint density at radius 2 is 2.21 bits per heavy atom. The molecular formula is C17H25N3O4. The van der Waals surface area contributed by atoms with Crippen LogP contribution in [0.1, 0.15) is 36.2 Å². The average molecular weight is 335 g/mol. The molecule has 7 nitrogen and oxygen atoms in total. The maximum absolute atomic E-state index is 12.7. The largest absolute Gasteiger partial charge is 0.396 e. The van der Waals surface area contributed by atoms with Crippen LogP contribution in [0.15, 0.2) is 4.79 Å². The summed E-state index contributed by atoms with van der Waals surface area (Å²) in [5.41, 5.74) is 2.05. The summed E-state index contributed by atoms with van der Waals surface area (Å²) in [5.74, 6) is 0.332. The summed E-state index contributed by atoms with van der Waals surface area (Å²) in [6.45, 7) is 4.96. The number of amides is 1. The molecule has 1 aliphatic heterocycles.